The zero-order valence-corrected chi connectivity index (χ0v) is 23.2. The van der Waals surface area contributed by atoms with Gasteiger partial charge in [-0.3, -0.25) is 4.79 Å². The molecule has 1 aromatic heterocycles. The van der Waals surface area contributed by atoms with Gasteiger partial charge in [-0.15, -0.1) is 0 Å². The summed E-state index contributed by atoms with van der Waals surface area (Å²) in [6.45, 7) is 3.20. The van der Waals surface area contributed by atoms with Crippen LogP contribution in [-0.2, 0) is 19.4 Å². The van der Waals surface area contributed by atoms with Gasteiger partial charge in [-0.05, 0) is 67.1 Å². The zero-order chi connectivity index (χ0) is 26.6. The van der Waals surface area contributed by atoms with Gasteiger partial charge in [-0.25, -0.2) is 0 Å². The van der Waals surface area contributed by atoms with Crippen LogP contribution in [0.2, 0.25) is 5.02 Å². The quantitative estimate of drug-likeness (QED) is 0.232. The third-order valence-corrected chi connectivity index (χ3v) is 8.39. The van der Waals surface area contributed by atoms with Gasteiger partial charge in [0.15, 0.2) is 0 Å². The average Bonchev–Trinajstić information content (AvgIpc) is 3.21. The van der Waals surface area contributed by atoms with E-state index < -0.39 is 12.1 Å². The van der Waals surface area contributed by atoms with Crippen LogP contribution in [0.5, 0.6) is 0 Å². The van der Waals surface area contributed by atoms with E-state index in [1.165, 1.54) is 10.9 Å². The van der Waals surface area contributed by atoms with Crippen molar-refractivity contribution in [2.75, 3.05) is 29.0 Å². The van der Waals surface area contributed by atoms with Crippen molar-refractivity contribution in [2.24, 2.45) is 0 Å². The summed E-state index contributed by atoms with van der Waals surface area (Å²) >= 11 is 8.06. The number of hydrogen-bond donors (Lipinski definition) is 3. The highest BCUT2D eigenvalue weighted by Gasteiger charge is 2.25. The van der Waals surface area contributed by atoms with Crippen molar-refractivity contribution in [3.05, 3.63) is 94.6 Å². The number of carbonyl (C=O) groups excluding carboxylic acids is 1. The maximum absolute atomic E-state index is 13.7. The summed E-state index contributed by atoms with van der Waals surface area (Å²) in [7, 11) is 2.06. The number of aliphatic hydroxyl groups excluding tert-OH is 1. The van der Waals surface area contributed by atoms with Gasteiger partial charge in [-0.1, -0.05) is 54.1 Å². The van der Waals surface area contributed by atoms with Crippen molar-refractivity contribution >= 4 is 51.7 Å². The number of aliphatic hydroxyl groups is 1. The first-order valence-corrected chi connectivity index (χ1v) is 14.3. The average molecular weight is 549 g/mol. The molecule has 8 heteroatoms. The Kier molecular flexibility index (Phi) is 8.17. The Balaban J connectivity index is 1.42. The first kappa shape index (κ1) is 26.5. The molecule has 198 valence electrons. The molecular weight excluding hydrogens is 516 g/mol. The second-order valence-corrected chi connectivity index (χ2v) is 11.2. The van der Waals surface area contributed by atoms with E-state index in [1.54, 1.807) is 18.0 Å². The molecule has 0 bridgehead atoms. The number of carbonyl (C=O) groups is 1. The number of aryl methyl sites for hydroxylation is 2. The number of amides is 1. The van der Waals surface area contributed by atoms with Crippen LogP contribution in [0.3, 0.4) is 0 Å². The van der Waals surface area contributed by atoms with Gasteiger partial charge in [0, 0.05) is 43.0 Å². The largest absolute Gasteiger partial charge is 0.389 e. The summed E-state index contributed by atoms with van der Waals surface area (Å²) in [6, 6.07) is 20.8. The van der Waals surface area contributed by atoms with Crippen molar-refractivity contribution in [3.8, 4) is 0 Å². The van der Waals surface area contributed by atoms with Crippen LogP contribution in [-0.4, -0.2) is 47.1 Å². The lowest BCUT2D eigenvalue weighted by atomic mass is 10.00. The number of para-hydroxylation sites is 1. The lowest BCUT2D eigenvalue weighted by molar-refractivity contribution is 0.0851. The van der Waals surface area contributed by atoms with Crippen LogP contribution in [0.25, 0.3) is 10.9 Å². The van der Waals surface area contributed by atoms with Gasteiger partial charge in [-0.2, -0.15) is 0 Å². The van der Waals surface area contributed by atoms with Gasteiger partial charge >= 0.3 is 0 Å². The van der Waals surface area contributed by atoms with E-state index in [0.29, 0.717) is 17.0 Å². The molecule has 0 aliphatic carbocycles. The summed E-state index contributed by atoms with van der Waals surface area (Å²) in [5.74, 6) is 0.799. The smallest absolute Gasteiger partial charge is 0.251 e. The molecule has 0 radical (unpaired) electrons. The predicted molar refractivity (Wildman–Crippen MR) is 160 cm³/mol. The number of anilines is 2. The summed E-state index contributed by atoms with van der Waals surface area (Å²) in [4.78, 5) is 13.7. The molecule has 1 aliphatic rings. The Hall–Kier alpha value is -3.13. The third kappa shape index (κ3) is 5.65. The van der Waals surface area contributed by atoms with Crippen LogP contribution >= 0.6 is 23.5 Å². The molecule has 0 saturated heterocycles. The molecule has 0 fully saturated rings. The van der Waals surface area contributed by atoms with Crippen molar-refractivity contribution in [1.29, 1.82) is 0 Å². The van der Waals surface area contributed by atoms with E-state index in [0.717, 1.165) is 41.2 Å². The fourth-order valence-electron chi connectivity index (χ4n) is 5.05. The van der Waals surface area contributed by atoms with Crippen molar-refractivity contribution in [3.63, 3.8) is 0 Å². The third-order valence-electron chi connectivity index (χ3n) is 7.09. The maximum Gasteiger partial charge on any atom is 0.251 e. The Morgan fingerprint density at radius 1 is 1.13 bits per heavy atom. The minimum atomic E-state index is -0.843. The highest BCUT2D eigenvalue weighted by Crippen LogP contribution is 2.38. The second kappa shape index (κ2) is 11.7. The van der Waals surface area contributed by atoms with E-state index in [9.17, 15) is 9.90 Å². The lowest BCUT2D eigenvalue weighted by Crippen LogP contribution is -2.47. The van der Waals surface area contributed by atoms with Crippen LogP contribution in [0.1, 0.15) is 28.4 Å². The van der Waals surface area contributed by atoms with Crippen molar-refractivity contribution in [2.45, 2.75) is 38.5 Å². The fourth-order valence-corrected chi connectivity index (χ4v) is 6.12. The second-order valence-electron chi connectivity index (χ2n) is 9.61. The van der Waals surface area contributed by atoms with E-state index in [4.69, 9.17) is 11.6 Å². The molecule has 2 heterocycles. The predicted octanol–water partition coefficient (Wildman–Crippen LogP) is 5.77. The highest BCUT2D eigenvalue weighted by atomic mass is 35.5. The van der Waals surface area contributed by atoms with E-state index in [2.05, 4.69) is 39.7 Å². The maximum atomic E-state index is 13.7. The molecular formula is C30H33ClN4O2S. The van der Waals surface area contributed by atoms with Crippen LogP contribution in [0.15, 0.2) is 72.9 Å². The van der Waals surface area contributed by atoms with Gasteiger partial charge in [0.2, 0.25) is 0 Å². The molecule has 0 spiro atoms. The summed E-state index contributed by atoms with van der Waals surface area (Å²) in [5, 5.41) is 19.4. The Morgan fingerprint density at radius 2 is 1.89 bits per heavy atom. The minimum Gasteiger partial charge on any atom is -0.389 e. The molecule has 1 amide bonds. The lowest BCUT2D eigenvalue weighted by Gasteiger charge is -2.26. The molecule has 2 atom stereocenters. The number of hydrogen-bond acceptors (Lipinski definition) is 5. The number of nitrogens with zero attached hydrogens (tertiary/aromatic N) is 2. The van der Waals surface area contributed by atoms with Crippen LogP contribution < -0.4 is 14.9 Å². The molecule has 38 heavy (non-hydrogen) atoms. The molecule has 6 nitrogen and oxygen atoms in total. The number of benzene rings is 3. The molecule has 0 saturated carbocycles. The van der Waals surface area contributed by atoms with Gasteiger partial charge < -0.3 is 24.6 Å². The molecule has 3 aromatic carbocycles. The summed E-state index contributed by atoms with van der Waals surface area (Å²) in [6.07, 6.45) is 2.88. The molecule has 5 rings (SSSR count). The van der Waals surface area contributed by atoms with Gasteiger partial charge in [0.1, 0.15) is 0 Å². The highest BCUT2D eigenvalue weighted by molar-refractivity contribution is 8.00. The SMILES string of the molecule is CCn1cc2c3c(cc(C(=O)N[C@@H](Cc4ccccc4)[C@H](O)CNc4ccccc4Cl)cc31)N(C)SCC2. The number of nitrogens with one attached hydrogen (secondary N) is 2. The molecule has 3 N–H and O–H groups in total. The van der Waals surface area contributed by atoms with E-state index >= 15 is 0 Å². The zero-order valence-electron chi connectivity index (χ0n) is 21.7. The number of rotatable bonds is 9. The fraction of sp³-hybridized carbons (Fsp3) is 0.300. The van der Waals surface area contributed by atoms with Crippen molar-refractivity contribution in [1.82, 2.24) is 9.88 Å². The van der Waals surface area contributed by atoms with E-state index in [-0.39, 0.29) is 12.5 Å². The number of halogens is 1. The van der Waals surface area contributed by atoms with Crippen molar-refractivity contribution < 1.29 is 9.90 Å². The molecule has 4 aromatic rings. The van der Waals surface area contributed by atoms with Gasteiger partial charge in [0.05, 0.1) is 34.1 Å². The Morgan fingerprint density at radius 3 is 2.66 bits per heavy atom. The first-order chi connectivity index (χ1) is 18.4. The summed E-state index contributed by atoms with van der Waals surface area (Å²) in [5.41, 5.74) is 5.82. The monoisotopic (exact) mass is 548 g/mol. The van der Waals surface area contributed by atoms with Crippen LogP contribution in [0, 0.1) is 0 Å². The van der Waals surface area contributed by atoms with Gasteiger partial charge in [0.25, 0.3) is 5.91 Å². The standard InChI is InChI=1S/C30H33ClN4O2S/c1-3-35-19-21-13-14-38-34(2)26-16-22(17-27(35)29(21)26)30(37)33-25(15-20-9-5-4-6-10-20)28(36)18-32-24-12-8-7-11-23(24)31/h4-12,16-17,19,25,28,32,36H,3,13-15,18H2,1-2H3,(H,33,37)/t25-,28+/m0/s1. The molecule has 1 aliphatic heterocycles. The van der Waals surface area contributed by atoms with Crippen LogP contribution in [0.4, 0.5) is 11.4 Å². The first-order valence-electron chi connectivity index (χ1n) is 13.0. The Bertz CT molecular complexity index is 1420. The summed E-state index contributed by atoms with van der Waals surface area (Å²) < 4.78 is 4.39. The minimum absolute atomic E-state index is 0.200. The Labute approximate surface area is 233 Å². The topological polar surface area (TPSA) is 69.5 Å². The van der Waals surface area contributed by atoms with E-state index in [1.807, 2.05) is 60.7 Å². The molecule has 0 unspecified atom stereocenters. The number of aromatic nitrogens is 1. The normalized spacial score (nSPS) is 14.7.